The van der Waals surface area contributed by atoms with Crippen LogP contribution in [0.1, 0.15) is 35.3 Å². The normalized spacial score (nSPS) is 12.4. The Kier molecular flexibility index (Phi) is 3.09. The maximum Gasteiger partial charge on any atom is 0.335 e. The zero-order valence-electron chi connectivity index (χ0n) is 7.90. The molecule has 4 heteroatoms. The van der Waals surface area contributed by atoms with Gasteiger partial charge in [0.1, 0.15) is 5.75 Å². The molecule has 0 saturated carbocycles. The zero-order valence-corrected chi connectivity index (χ0v) is 7.90. The summed E-state index contributed by atoms with van der Waals surface area (Å²) >= 11 is 0. The minimum Gasteiger partial charge on any atom is -0.508 e. The fourth-order valence-corrected chi connectivity index (χ4v) is 1.21. The highest BCUT2D eigenvalue weighted by Gasteiger charge is 2.11. The van der Waals surface area contributed by atoms with E-state index in [1.54, 1.807) is 6.07 Å². The van der Waals surface area contributed by atoms with E-state index >= 15 is 0 Å². The van der Waals surface area contributed by atoms with Gasteiger partial charge >= 0.3 is 5.97 Å². The molecule has 0 spiro atoms. The lowest BCUT2D eigenvalue weighted by atomic mass is 10.0. The molecular formula is C10H13NO3. The molecule has 0 aliphatic heterocycles. The Morgan fingerprint density at radius 2 is 2.21 bits per heavy atom. The quantitative estimate of drug-likeness (QED) is 0.682. The first-order valence-electron chi connectivity index (χ1n) is 4.38. The Balaban J connectivity index is 3.07. The predicted molar refractivity (Wildman–Crippen MR) is 52.3 cm³/mol. The van der Waals surface area contributed by atoms with Crippen molar-refractivity contribution in [2.45, 2.75) is 19.4 Å². The van der Waals surface area contributed by atoms with Gasteiger partial charge in [-0.25, -0.2) is 4.79 Å². The van der Waals surface area contributed by atoms with Crippen molar-refractivity contribution < 1.29 is 15.0 Å². The molecule has 1 rings (SSSR count). The maximum atomic E-state index is 10.6. The van der Waals surface area contributed by atoms with Gasteiger partial charge in [-0.15, -0.1) is 0 Å². The number of benzene rings is 1. The predicted octanol–water partition coefficient (Wildman–Crippen LogP) is 1.50. The summed E-state index contributed by atoms with van der Waals surface area (Å²) in [5, 5.41) is 18.2. The standard InChI is InChI=1S/C10H13NO3/c1-2-8(11)7-4-3-6(10(13)14)5-9(7)12/h3-5,8,12H,2,11H2,1H3,(H,13,14). The van der Waals surface area contributed by atoms with Crippen molar-refractivity contribution in [3.05, 3.63) is 29.3 Å². The van der Waals surface area contributed by atoms with E-state index in [1.165, 1.54) is 12.1 Å². The molecule has 0 amide bonds. The number of rotatable bonds is 3. The van der Waals surface area contributed by atoms with Gasteiger partial charge in [-0.05, 0) is 18.6 Å². The van der Waals surface area contributed by atoms with E-state index in [9.17, 15) is 9.90 Å². The second-order valence-corrected chi connectivity index (χ2v) is 3.09. The summed E-state index contributed by atoms with van der Waals surface area (Å²) in [7, 11) is 0. The molecule has 4 nitrogen and oxygen atoms in total. The van der Waals surface area contributed by atoms with E-state index in [0.717, 1.165) is 0 Å². The molecule has 0 saturated heterocycles. The van der Waals surface area contributed by atoms with E-state index in [0.29, 0.717) is 12.0 Å². The summed E-state index contributed by atoms with van der Waals surface area (Å²) in [6.07, 6.45) is 0.694. The van der Waals surface area contributed by atoms with Crippen molar-refractivity contribution in [2.75, 3.05) is 0 Å². The number of phenolic OH excluding ortho intramolecular Hbond substituents is 1. The van der Waals surface area contributed by atoms with Crippen molar-refractivity contribution in [1.29, 1.82) is 0 Å². The number of carboxylic acids is 1. The van der Waals surface area contributed by atoms with Crippen LogP contribution < -0.4 is 5.73 Å². The number of hydrogen-bond acceptors (Lipinski definition) is 3. The lowest BCUT2D eigenvalue weighted by Crippen LogP contribution is -2.09. The Labute approximate surface area is 82.0 Å². The number of aromatic carboxylic acids is 1. The fourth-order valence-electron chi connectivity index (χ4n) is 1.21. The Hall–Kier alpha value is -1.55. The molecule has 0 heterocycles. The highest BCUT2D eigenvalue weighted by molar-refractivity contribution is 5.88. The van der Waals surface area contributed by atoms with E-state index in [2.05, 4.69) is 0 Å². The van der Waals surface area contributed by atoms with E-state index in [4.69, 9.17) is 10.8 Å². The van der Waals surface area contributed by atoms with Gasteiger partial charge in [-0.1, -0.05) is 13.0 Å². The fraction of sp³-hybridized carbons (Fsp3) is 0.300. The summed E-state index contributed by atoms with van der Waals surface area (Å²) in [6, 6.07) is 3.95. The molecule has 0 radical (unpaired) electrons. The summed E-state index contributed by atoms with van der Waals surface area (Å²) in [6.45, 7) is 1.90. The van der Waals surface area contributed by atoms with Crippen molar-refractivity contribution >= 4 is 5.97 Å². The van der Waals surface area contributed by atoms with Gasteiger partial charge in [-0.2, -0.15) is 0 Å². The van der Waals surface area contributed by atoms with Crippen LogP contribution in [0.25, 0.3) is 0 Å². The second kappa shape index (κ2) is 4.11. The van der Waals surface area contributed by atoms with E-state index in [-0.39, 0.29) is 17.4 Å². The van der Waals surface area contributed by atoms with Crippen molar-refractivity contribution in [2.24, 2.45) is 5.73 Å². The van der Waals surface area contributed by atoms with Gasteiger partial charge in [-0.3, -0.25) is 0 Å². The molecule has 0 aliphatic carbocycles. The number of hydrogen-bond donors (Lipinski definition) is 3. The maximum absolute atomic E-state index is 10.6. The molecule has 4 N–H and O–H groups in total. The van der Waals surface area contributed by atoms with Gasteiger partial charge in [0.05, 0.1) is 5.56 Å². The number of carboxylic acid groups (broad SMARTS) is 1. The van der Waals surface area contributed by atoms with Crippen LogP contribution in [0.2, 0.25) is 0 Å². The van der Waals surface area contributed by atoms with Gasteiger partial charge in [0.15, 0.2) is 0 Å². The number of phenols is 1. The molecule has 14 heavy (non-hydrogen) atoms. The van der Waals surface area contributed by atoms with Crippen LogP contribution in [-0.4, -0.2) is 16.2 Å². The zero-order chi connectivity index (χ0) is 10.7. The first-order valence-corrected chi connectivity index (χ1v) is 4.38. The Bertz CT molecular complexity index is 349. The first kappa shape index (κ1) is 10.5. The van der Waals surface area contributed by atoms with Gasteiger partial charge in [0.2, 0.25) is 0 Å². The minimum absolute atomic E-state index is 0.0562. The highest BCUT2D eigenvalue weighted by Crippen LogP contribution is 2.25. The Morgan fingerprint density at radius 3 is 2.64 bits per heavy atom. The summed E-state index contributed by atoms with van der Waals surface area (Å²) in [5.74, 6) is -1.11. The molecule has 0 bridgehead atoms. The van der Waals surface area contributed by atoms with Crippen molar-refractivity contribution in [3.63, 3.8) is 0 Å². The first-order chi connectivity index (χ1) is 6.56. The highest BCUT2D eigenvalue weighted by atomic mass is 16.4. The van der Waals surface area contributed by atoms with Crippen LogP contribution in [0.15, 0.2) is 18.2 Å². The topological polar surface area (TPSA) is 83.6 Å². The summed E-state index contributed by atoms with van der Waals surface area (Å²) < 4.78 is 0. The lowest BCUT2D eigenvalue weighted by molar-refractivity contribution is 0.0696. The molecule has 0 aliphatic rings. The molecule has 1 unspecified atom stereocenters. The third-order valence-corrected chi connectivity index (χ3v) is 2.12. The molecular weight excluding hydrogens is 182 g/mol. The summed E-state index contributed by atoms with van der Waals surface area (Å²) in [4.78, 5) is 10.6. The number of nitrogens with two attached hydrogens (primary N) is 1. The van der Waals surface area contributed by atoms with Gasteiger partial charge in [0.25, 0.3) is 0 Å². The average Bonchev–Trinajstić information content (AvgIpc) is 2.16. The average molecular weight is 195 g/mol. The van der Waals surface area contributed by atoms with Gasteiger partial charge in [0, 0.05) is 11.6 Å². The van der Waals surface area contributed by atoms with Gasteiger partial charge < -0.3 is 15.9 Å². The minimum atomic E-state index is -1.06. The van der Waals surface area contributed by atoms with Crippen molar-refractivity contribution in [3.8, 4) is 5.75 Å². The SMILES string of the molecule is CCC(N)c1ccc(C(=O)O)cc1O. The number of carbonyl (C=O) groups is 1. The van der Waals surface area contributed by atoms with E-state index < -0.39 is 5.97 Å². The van der Waals surface area contributed by atoms with Crippen molar-refractivity contribution in [1.82, 2.24) is 0 Å². The summed E-state index contributed by atoms with van der Waals surface area (Å²) in [5.41, 5.74) is 6.36. The number of aromatic hydroxyl groups is 1. The monoisotopic (exact) mass is 195 g/mol. The smallest absolute Gasteiger partial charge is 0.335 e. The molecule has 76 valence electrons. The molecule has 1 atom stereocenters. The van der Waals surface area contributed by atoms with Crippen LogP contribution in [0.4, 0.5) is 0 Å². The lowest BCUT2D eigenvalue weighted by Gasteiger charge is -2.11. The largest absolute Gasteiger partial charge is 0.508 e. The van der Waals surface area contributed by atoms with Crippen LogP contribution >= 0.6 is 0 Å². The van der Waals surface area contributed by atoms with Crippen LogP contribution in [0.3, 0.4) is 0 Å². The molecule has 1 aromatic carbocycles. The van der Waals surface area contributed by atoms with E-state index in [1.807, 2.05) is 6.92 Å². The molecule has 1 aromatic rings. The second-order valence-electron chi connectivity index (χ2n) is 3.09. The van der Waals surface area contributed by atoms with Crippen LogP contribution in [0.5, 0.6) is 5.75 Å². The Morgan fingerprint density at radius 1 is 1.57 bits per heavy atom. The third kappa shape index (κ3) is 2.03. The molecule has 0 fully saturated rings. The third-order valence-electron chi connectivity index (χ3n) is 2.12. The van der Waals surface area contributed by atoms with Crippen LogP contribution in [-0.2, 0) is 0 Å². The van der Waals surface area contributed by atoms with Crippen LogP contribution in [0, 0.1) is 0 Å². The molecule has 0 aromatic heterocycles.